The fourth-order valence-electron chi connectivity index (χ4n) is 1.91. The fraction of sp³-hybridized carbons (Fsp3) is 0.417. The Balaban J connectivity index is 2.03. The lowest BCUT2D eigenvalue weighted by Gasteiger charge is -2.23. The van der Waals surface area contributed by atoms with E-state index in [4.69, 9.17) is 4.74 Å². The molecule has 1 aromatic rings. The zero-order chi connectivity index (χ0) is 14.5. The summed E-state index contributed by atoms with van der Waals surface area (Å²) < 4.78 is 18.2. The number of carbonyl (C=O) groups excluding carboxylic acids is 1. The summed E-state index contributed by atoms with van der Waals surface area (Å²) in [5.74, 6) is -1.36. The maximum atomic E-state index is 13.0. The lowest BCUT2D eigenvalue weighted by molar-refractivity contribution is -0.385. The summed E-state index contributed by atoms with van der Waals surface area (Å²) in [6.45, 7) is 2.06. The molecule has 1 fully saturated rings. The number of nitrogens with one attached hydrogen (secondary N) is 2. The summed E-state index contributed by atoms with van der Waals surface area (Å²) in [6, 6.07) is 2.82. The molecule has 1 aliphatic rings. The molecule has 1 aliphatic heterocycles. The smallest absolute Gasteiger partial charge is 0.285 e. The Bertz CT molecular complexity index is 517. The van der Waals surface area contributed by atoms with Gasteiger partial charge in [0.15, 0.2) is 0 Å². The van der Waals surface area contributed by atoms with Gasteiger partial charge in [0, 0.05) is 19.1 Å². The van der Waals surface area contributed by atoms with E-state index in [0.29, 0.717) is 19.8 Å². The van der Waals surface area contributed by atoms with Gasteiger partial charge in [-0.15, -0.1) is 0 Å². The highest BCUT2D eigenvalue weighted by molar-refractivity contribution is 5.98. The first-order chi connectivity index (χ1) is 9.58. The molecule has 1 aromatic carbocycles. The van der Waals surface area contributed by atoms with Crippen LogP contribution >= 0.6 is 0 Å². The van der Waals surface area contributed by atoms with Crippen LogP contribution in [0.2, 0.25) is 0 Å². The van der Waals surface area contributed by atoms with E-state index < -0.39 is 22.3 Å². The van der Waals surface area contributed by atoms with Crippen LogP contribution in [-0.2, 0) is 4.74 Å². The number of nitro groups is 1. The summed E-state index contributed by atoms with van der Waals surface area (Å²) in [5, 5.41) is 16.5. The average molecular weight is 283 g/mol. The summed E-state index contributed by atoms with van der Waals surface area (Å²) in [4.78, 5) is 22.0. The van der Waals surface area contributed by atoms with Crippen LogP contribution in [0.1, 0.15) is 10.4 Å². The van der Waals surface area contributed by atoms with Gasteiger partial charge in [-0.2, -0.15) is 0 Å². The molecular formula is C12H14FN3O4. The van der Waals surface area contributed by atoms with Gasteiger partial charge in [0.05, 0.1) is 24.2 Å². The van der Waals surface area contributed by atoms with Crippen molar-refractivity contribution in [1.29, 1.82) is 0 Å². The summed E-state index contributed by atoms with van der Waals surface area (Å²) in [7, 11) is 0. The molecule has 0 aliphatic carbocycles. The Kier molecular flexibility index (Phi) is 4.59. The van der Waals surface area contributed by atoms with Gasteiger partial charge in [0.1, 0.15) is 11.4 Å². The van der Waals surface area contributed by atoms with Crippen LogP contribution in [0.4, 0.5) is 10.1 Å². The van der Waals surface area contributed by atoms with Crippen molar-refractivity contribution in [3.63, 3.8) is 0 Å². The minimum Gasteiger partial charge on any atom is -0.378 e. The van der Waals surface area contributed by atoms with E-state index in [2.05, 4.69) is 10.6 Å². The topological polar surface area (TPSA) is 93.5 Å². The second-order valence-corrected chi connectivity index (χ2v) is 4.35. The van der Waals surface area contributed by atoms with Crippen LogP contribution in [-0.4, -0.2) is 43.2 Å². The van der Waals surface area contributed by atoms with E-state index in [1.807, 2.05) is 0 Å². The molecule has 0 bridgehead atoms. The van der Waals surface area contributed by atoms with Crippen molar-refractivity contribution in [2.45, 2.75) is 6.04 Å². The number of rotatable bonds is 4. The maximum absolute atomic E-state index is 13.0. The highest BCUT2D eigenvalue weighted by Crippen LogP contribution is 2.19. The molecule has 1 saturated heterocycles. The first kappa shape index (κ1) is 14.4. The summed E-state index contributed by atoms with van der Waals surface area (Å²) in [5.41, 5.74) is -0.705. The molecule has 1 atom stereocenters. The highest BCUT2D eigenvalue weighted by Gasteiger charge is 2.22. The van der Waals surface area contributed by atoms with E-state index >= 15 is 0 Å². The Labute approximate surface area is 114 Å². The third-order valence-corrected chi connectivity index (χ3v) is 2.91. The van der Waals surface area contributed by atoms with Gasteiger partial charge in [0.25, 0.3) is 11.6 Å². The number of hydrogen-bond donors (Lipinski definition) is 2. The molecule has 2 rings (SSSR count). The number of nitrogens with zero attached hydrogens (tertiary/aromatic N) is 1. The molecule has 1 unspecified atom stereocenters. The number of nitro benzene ring substituents is 1. The third-order valence-electron chi connectivity index (χ3n) is 2.91. The lowest BCUT2D eigenvalue weighted by Crippen LogP contribution is -2.48. The van der Waals surface area contributed by atoms with E-state index in [1.165, 1.54) is 0 Å². The summed E-state index contributed by atoms with van der Waals surface area (Å²) in [6.07, 6.45) is 0. The van der Waals surface area contributed by atoms with Crippen molar-refractivity contribution < 1.29 is 18.8 Å². The van der Waals surface area contributed by atoms with E-state index in [9.17, 15) is 19.3 Å². The molecule has 8 heteroatoms. The Hall–Kier alpha value is -2.06. The molecule has 2 N–H and O–H groups in total. The van der Waals surface area contributed by atoms with Crippen LogP contribution in [0.25, 0.3) is 0 Å². The van der Waals surface area contributed by atoms with Gasteiger partial charge in [0.2, 0.25) is 0 Å². The molecule has 0 saturated carbocycles. The number of benzene rings is 1. The largest absolute Gasteiger partial charge is 0.378 e. The molecule has 108 valence electrons. The normalized spacial score (nSPS) is 18.6. The second-order valence-electron chi connectivity index (χ2n) is 4.35. The Morgan fingerprint density at radius 2 is 2.40 bits per heavy atom. The van der Waals surface area contributed by atoms with Gasteiger partial charge < -0.3 is 15.4 Å². The predicted octanol–water partition coefficient (Wildman–Crippen LogP) is 0.452. The minimum atomic E-state index is -0.778. The van der Waals surface area contributed by atoms with Crippen molar-refractivity contribution in [1.82, 2.24) is 10.6 Å². The molecule has 7 nitrogen and oxygen atoms in total. The zero-order valence-corrected chi connectivity index (χ0v) is 10.6. The quantitative estimate of drug-likeness (QED) is 0.618. The van der Waals surface area contributed by atoms with Crippen LogP contribution in [0.5, 0.6) is 0 Å². The monoisotopic (exact) mass is 283 g/mol. The maximum Gasteiger partial charge on any atom is 0.285 e. The average Bonchev–Trinajstić information content (AvgIpc) is 2.45. The van der Waals surface area contributed by atoms with Gasteiger partial charge in [-0.3, -0.25) is 14.9 Å². The number of hydrogen-bond acceptors (Lipinski definition) is 5. The summed E-state index contributed by atoms with van der Waals surface area (Å²) >= 11 is 0. The van der Waals surface area contributed by atoms with Crippen LogP contribution in [0.15, 0.2) is 18.2 Å². The van der Waals surface area contributed by atoms with Crippen molar-refractivity contribution >= 4 is 11.6 Å². The lowest BCUT2D eigenvalue weighted by atomic mass is 10.1. The number of morpholine rings is 1. The van der Waals surface area contributed by atoms with Gasteiger partial charge >= 0.3 is 0 Å². The number of amides is 1. The van der Waals surface area contributed by atoms with Crippen LogP contribution in [0, 0.1) is 15.9 Å². The third kappa shape index (κ3) is 3.49. The van der Waals surface area contributed by atoms with Crippen molar-refractivity contribution in [3.05, 3.63) is 39.7 Å². The highest BCUT2D eigenvalue weighted by atomic mass is 19.1. The molecule has 1 heterocycles. The van der Waals surface area contributed by atoms with Gasteiger partial charge in [-0.1, -0.05) is 0 Å². The molecule has 1 amide bonds. The molecule has 0 radical (unpaired) electrons. The van der Waals surface area contributed by atoms with E-state index in [1.54, 1.807) is 0 Å². The standard InChI is InChI=1S/C12H14FN3O4/c13-8-1-2-10(11(5-8)16(18)19)12(17)15-6-9-7-20-4-3-14-9/h1-2,5,9,14H,3-4,6-7H2,(H,15,17). The zero-order valence-electron chi connectivity index (χ0n) is 10.6. The second kappa shape index (κ2) is 6.40. The molecule has 0 spiro atoms. The Morgan fingerprint density at radius 1 is 1.60 bits per heavy atom. The number of ether oxygens (including phenoxy) is 1. The molecule has 20 heavy (non-hydrogen) atoms. The van der Waals surface area contributed by atoms with Crippen LogP contribution in [0.3, 0.4) is 0 Å². The Morgan fingerprint density at radius 3 is 3.05 bits per heavy atom. The first-order valence-corrected chi connectivity index (χ1v) is 6.11. The first-order valence-electron chi connectivity index (χ1n) is 6.11. The predicted molar refractivity (Wildman–Crippen MR) is 68.0 cm³/mol. The minimum absolute atomic E-state index is 0.0350. The van der Waals surface area contributed by atoms with Crippen LogP contribution < -0.4 is 10.6 Å². The van der Waals surface area contributed by atoms with Crippen molar-refractivity contribution in [3.8, 4) is 0 Å². The van der Waals surface area contributed by atoms with Gasteiger partial charge in [-0.25, -0.2) is 4.39 Å². The number of halogens is 1. The van der Waals surface area contributed by atoms with Gasteiger partial charge in [-0.05, 0) is 12.1 Å². The van der Waals surface area contributed by atoms with Crippen molar-refractivity contribution in [2.24, 2.45) is 0 Å². The van der Waals surface area contributed by atoms with E-state index in [0.717, 1.165) is 18.2 Å². The van der Waals surface area contributed by atoms with Crippen molar-refractivity contribution in [2.75, 3.05) is 26.3 Å². The SMILES string of the molecule is O=C(NCC1COCCN1)c1ccc(F)cc1[N+](=O)[O-]. The van der Waals surface area contributed by atoms with E-state index in [-0.39, 0.29) is 18.2 Å². The molecular weight excluding hydrogens is 269 g/mol. The fourth-order valence-corrected chi connectivity index (χ4v) is 1.91. The number of carbonyl (C=O) groups is 1. The molecule has 0 aromatic heterocycles.